The lowest BCUT2D eigenvalue weighted by Gasteiger charge is -2.31. The lowest BCUT2D eigenvalue weighted by atomic mass is 9.98. The van der Waals surface area contributed by atoms with Gasteiger partial charge in [0.05, 0.1) is 20.9 Å². The molecular formula is C22H21N3OS. The van der Waals surface area contributed by atoms with Crippen LogP contribution in [0.4, 0.5) is 0 Å². The van der Waals surface area contributed by atoms with Gasteiger partial charge in [0.2, 0.25) is 0 Å². The van der Waals surface area contributed by atoms with Crippen molar-refractivity contribution in [2.75, 3.05) is 13.1 Å². The molecule has 2 aromatic carbocycles. The van der Waals surface area contributed by atoms with Crippen LogP contribution in [0, 0.1) is 0 Å². The maximum absolute atomic E-state index is 5.56. The summed E-state index contributed by atoms with van der Waals surface area (Å²) in [4.78, 5) is 7.36. The fourth-order valence-electron chi connectivity index (χ4n) is 3.82. The number of hydrogen-bond acceptors (Lipinski definition) is 5. The van der Waals surface area contributed by atoms with Crippen molar-refractivity contribution < 1.29 is 4.52 Å². The Hall–Kier alpha value is -2.50. The highest BCUT2D eigenvalue weighted by atomic mass is 32.1. The van der Waals surface area contributed by atoms with Gasteiger partial charge in [-0.1, -0.05) is 47.6 Å². The van der Waals surface area contributed by atoms with Crippen LogP contribution in [0.1, 0.15) is 29.5 Å². The number of piperidine rings is 1. The van der Waals surface area contributed by atoms with E-state index in [1.165, 1.54) is 22.5 Å². The van der Waals surface area contributed by atoms with E-state index in [4.69, 9.17) is 9.51 Å². The molecule has 4 nitrogen and oxygen atoms in total. The van der Waals surface area contributed by atoms with E-state index >= 15 is 0 Å². The van der Waals surface area contributed by atoms with Crippen molar-refractivity contribution in [2.45, 2.75) is 25.3 Å². The number of rotatable bonds is 4. The predicted octanol–water partition coefficient (Wildman–Crippen LogP) is 5.33. The van der Waals surface area contributed by atoms with Gasteiger partial charge in [-0.25, -0.2) is 4.98 Å². The van der Waals surface area contributed by atoms with Gasteiger partial charge in [-0.15, -0.1) is 11.3 Å². The molecule has 27 heavy (non-hydrogen) atoms. The molecule has 2 aromatic heterocycles. The van der Waals surface area contributed by atoms with Crippen LogP contribution in [0.5, 0.6) is 0 Å². The van der Waals surface area contributed by atoms with Crippen molar-refractivity contribution in [1.82, 2.24) is 15.0 Å². The molecule has 0 aliphatic carbocycles. The fraction of sp³-hybridized carbons (Fsp3) is 0.273. The zero-order valence-electron chi connectivity index (χ0n) is 15.0. The number of benzene rings is 2. The Bertz CT molecular complexity index is 1010. The summed E-state index contributed by atoms with van der Waals surface area (Å²) in [5.74, 6) is 1.35. The molecule has 1 aliphatic rings. The lowest BCUT2D eigenvalue weighted by molar-refractivity contribution is 0.195. The Kier molecular flexibility index (Phi) is 4.47. The van der Waals surface area contributed by atoms with Crippen molar-refractivity contribution in [3.63, 3.8) is 0 Å². The molecule has 0 saturated carbocycles. The molecule has 0 bridgehead atoms. The largest absolute Gasteiger partial charge is 0.356 e. The smallest absolute Gasteiger partial charge is 0.167 e. The molecule has 0 amide bonds. The number of nitrogens with zero attached hydrogens (tertiary/aromatic N) is 3. The molecule has 4 aromatic rings. The van der Waals surface area contributed by atoms with Crippen LogP contribution in [-0.4, -0.2) is 28.1 Å². The minimum atomic E-state index is 0.511. The van der Waals surface area contributed by atoms with Crippen molar-refractivity contribution in [1.29, 1.82) is 0 Å². The van der Waals surface area contributed by atoms with Crippen molar-refractivity contribution >= 4 is 21.6 Å². The number of para-hydroxylation sites is 1. The Morgan fingerprint density at radius 2 is 1.93 bits per heavy atom. The first-order valence-corrected chi connectivity index (χ1v) is 10.3. The molecule has 0 spiro atoms. The quantitative estimate of drug-likeness (QED) is 0.483. The molecule has 1 fully saturated rings. The predicted molar refractivity (Wildman–Crippen MR) is 109 cm³/mol. The Labute approximate surface area is 162 Å². The molecule has 5 heteroatoms. The summed E-state index contributed by atoms with van der Waals surface area (Å²) < 4.78 is 6.84. The van der Waals surface area contributed by atoms with Gasteiger partial charge in [-0.3, -0.25) is 4.90 Å². The SMILES string of the molecule is c1ccc(-c2cc(CN3CCC[C@H](c4nc5ccccc5s4)C3)no2)cc1. The second-order valence-electron chi connectivity index (χ2n) is 7.14. The maximum Gasteiger partial charge on any atom is 0.167 e. The van der Waals surface area contributed by atoms with E-state index in [1.54, 1.807) is 0 Å². The number of aromatic nitrogens is 2. The molecule has 5 rings (SSSR count). The van der Waals surface area contributed by atoms with E-state index < -0.39 is 0 Å². The van der Waals surface area contributed by atoms with Gasteiger partial charge in [-0.2, -0.15) is 0 Å². The van der Waals surface area contributed by atoms with Crippen molar-refractivity contribution in [2.24, 2.45) is 0 Å². The molecule has 0 N–H and O–H groups in total. The highest BCUT2D eigenvalue weighted by molar-refractivity contribution is 7.18. The average molecular weight is 375 g/mol. The molecule has 0 unspecified atom stereocenters. The minimum Gasteiger partial charge on any atom is -0.356 e. The van der Waals surface area contributed by atoms with Gasteiger partial charge in [0, 0.05) is 30.6 Å². The number of thiazole rings is 1. The molecule has 0 radical (unpaired) electrons. The Balaban J connectivity index is 1.29. The van der Waals surface area contributed by atoms with Gasteiger partial charge in [0.15, 0.2) is 5.76 Å². The van der Waals surface area contributed by atoms with Crippen LogP contribution in [0.3, 0.4) is 0 Å². The van der Waals surface area contributed by atoms with E-state index in [1.807, 2.05) is 41.7 Å². The van der Waals surface area contributed by atoms with E-state index in [0.29, 0.717) is 5.92 Å². The van der Waals surface area contributed by atoms with E-state index in [0.717, 1.165) is 42.2 Å². The lowest BCUT2D eigenvalue weighted by Crippen LogP contribution is -2.33. The molecule has 1 saturated heterocycles. The van der Waals surface area contributed by atoms with E-state index in [-0.39, 0.29) is 0 Å². The van der Waals surface area contributed by atoms with Gasteiger partial charge < -0.3 is 4.52 Å². The van der Waals surface area contributed by atoms with Crippen molar-refractivity contribution in [3.05, 3.63) is 71.4 Å². The molecule has 3 heterocycles. The average Bonchev–Trinajstić information content (AvgIpc) is 3.36. The summed E-state index contributed by atoms with van der Waals surface area (Å²) in [6.07, 6.45) is 2.41. The molecule has 1 aliphatic heterocycles. The van der Waals surface area contributed by atoms with Crippen LogP contribution in [0.15, 0.2) is 65.2 Å². The second-order valence-corrected chi connectivity index (χ2v) is 8.20. The Morgan fingerprint density at radius 1 is 1.07 bits per heavy atom. The van der Waals surface area contributed by atoms with Crippen LogP contribution >= 0.6 is 11.3 Å². The first-order valence-electron chi connectivity index (χ1n) is 9.44. The third-order valence-electron chi connectivity index (χ3n) is 5.17. The van der Waals surface area contributed by atoms with Crippen molar-refractivity contribution in [3.8, 4) is 11.3 Å². The van der Waals surface area contributed by atoms with Crippen LogP contribution in [0.25, 0.3) is 21.5 Å². The summed E-state index contributed by atoms with van der Waals surface area (Å²) in [6.45, 7) is 2.97. The summed E-state index contributed by atoms with van der Waals surface area (Å²) in [5.41, 5.74) is 3.19. The minimum absolute atomic E-state index is 0.511. The summed E-state index contributed by atoms with van der Waals surface area (Å²) >= 11 is 1.84. The van der Waals surface area contributed by atoms with Crippen LogP contribution < -0.4 is 0 Å². The van der Waals surface area contributed by atoms with Gasteiger partial charge in [-0.05, 0) is 31.5 Å². The molecule has 136 valence electrons. The Morgan fingerprint density at radius 3 is 2.81 bits per heavy atom. The summed E-state index contributed by atoms with van der Waals surface area (Å²) in [5, 5.41) is 5.56. The molecular weight excluding hydrogens is 354 g/mol. The molecule has 1 atom stereocenters. The number of likely N-dealkylation sites (tertiary alicyclic amines) is 1. The first-order chi connectivity index (χ1) is 13.3. The third-order valence-corrected chi connectivity index (χ3v) is 6.37. The van der Waals surface area contributed by atoms with Gasteiger partial charge >= 0.3 is 0 Å². The topological polar surface area (TPSA) is 42.2 Å². The standard InChI is InChI=1S/C22H21N3OS/c1-2-7-16(8-3-1)20-13-18(24-26-20)15-25-12-6-9-17(14-25)22-23-19-10-4-5-11-21(19)27-22/h1-5,7-8,10-11,13,17H,6,9,12,14-15H2/t17-/m0/s1. The first kappa shape index (κ1) is 16.7. The maximum atomic E-state index is 5.56. The van der Waals surface area contributed by atoms with Crippen LogP contribution in [-0.2, 0) is 6.54 Å². The van der Waals surface area contributed by atoms with Gasteiger partial charge in [0.25, 0.3) is 0 Å². The second kappa shape index (κ2) is 7.25. The summed E-state index contributed by atoms with van der Waals surface area (Å²) in [6, 6.07) is 20.6. The highest BCUT2D eigenvalue weighted by Gasteiger charge is 2.24. The van der Waals surface area contributed by atoms with E-state index in [9.17, 15) is 0 Å². The number of hydrogen-bond donors (Lipinski definition) is 0. The summed E-state index contributed by atoms with van der Waals surface area (Å²) in [7, 11) is 0. The monoisotopic (exact) mass is 375 g/mol. The fourth-order valence-corrected chi connectivity index (χ4v) is 4.91. The zero-order chi connectivity index (χ0) is 18.1. The highest BCUT2D eigenvalue weighted by Crippen LogP contribution is 2.33. The normalized spacial score (nSPS) is 18.1. The van der Waals surface area contributed by atoms with Gasteiger partial charge in [0.1, 0.15) is 0 Å². The third kappa shape index (κ3) is 3.53. The van der Waals surface area contributed by atoms with Crippen LogP contribution in [0.2, 0.25) is 0 Å². The van der Waals surface area contributed by atoms with E-state index in [2.05, 4.69) is 40.4 Å². The number of fused-ring (bicyclic) bond motifs is 1. The zero-order valence-corrected chi connectivity index (χ0v) is 15.9.